The molecule has 0 bridgehead atoms. The molecule has 1 heterocycles. The van der Waals surface area contributed by atoms with Crippen molar-refractivity contribution in [2.75, 3.05) is 5.32 Å². The average molecular weight is 314 g/mol. The molecule has 1 aliphatic rings. The molecule has 0 unspecified atom stereocenters. The lowest BCUT2D eigenvalue weighted by molar-refractivity contribution is -0.119. The molecule has 1 aromatic heterocycles. The van der Waals surface area contributed by atoms with Crippen molar-refractivity contribution in [1.82, 2.24) is 9.55 Å². The highest BCUT2D eigenvalue weighted by Crippen LogP contribution is 2.26. The number of rotatable bonds is 3. The predicted molar refractivity (Wildman–Crippen MR) is 85.2 cm³/mol. The Morgan fingerprint density at radius 3 is 2.65 bits per heavy atom. The summed E-state index contributed by atoms with van der Waals surface area (Å²) in [5.41, 5.74) is 6.83. The third-order valence-corrected chi connectivity index (χ3v) is 4.08. The van der Waals surface area contributed by atoms with Crippen molar-refractivity contribution in [3.63, 3.8) is 0 Å². The fraction of sp³-hybridized carbons (Fsp3) is 0.312. The molecule has 3 rings (SSSR count). The molecule has 4 N–H and O–H groups in total. The highest BCUT2D eigenvalue weighted by Gasteiger charge is 2.34. The van der Waals surface area contributed by atoms with Crippen LogP contribution in [0.25, 0.3) is 5.69 Å². The van der Waals surface area contributed by atoms with E-state index in [4.69, 9.17) is 5.73 Å². The summed E-state index contributed by atoms with van der Waals surface area (Å²) in [7, 11) is 0. The summed E-state index contributed by atoms with van der Waals surface area (Å²) < 4.78 is 1.46. The lowest BCUT2D eigenvalue weighted by atomic mass is 10.1. The number of nitrogens with one attached hydrogen (secondary N) is 1. The third kappa shape index (κ3) is 3.30. The lowest BCUT2D eigenvalue weighted by Crippen LogP contribution is -2.28. The monoisotopic (exact) mass is 314 g/mol. The second-order valence-electron chi connectivity index (χ2n) is 5.72. The number of hydrogen-bond donors (Lipinski definition) is 3. The van der Waals surface area contributed by atoms with Gasteiger partial charge in [-0.1, -0.05) is 0 Å². The Morgan fingerprint density at radius 1 is 1.30 bits per heavy atom. The van der Waals surface area contributed by atoms with Crippen molar-refractivity contribution in [1.29, 1.82) is 0 Å². The molecular weight excluding hydrogens is 296 g/mol. The Kier molecular flexibility index (Phi) is 4.22. The van der Waals surface area contributed by atoms with Crippen LogP contribution in [0.15, 0.2) is 47.7 Å². The molecule has 2 aromatic rings. The van der Waals surface area contributed by atoms with Gasteiger partial charge in [0.25, 0.3) is 5.56 Å². The van der Waals surface area contributed by atoms with Gasteiger partial charge >= 0.3 is 0 Å². The van der Waals surface area contributed by atoms with Crippen LogP contribution < -0.4 is 16.6 Å². The van der Waals surface area contributed by atoms with Crippen LogP contribution in [-0.4, -0.2) is 32.7 Å². The topological polar surface area (TPSA) is 110 Å². The minimum atomic E-state index is -0.619. The van der Waals surface area contributed by atoms with Crippen molar-refractivity contribution in [3.8, 4) is 5.69 Å². The first kappa shape index (κ1) is 15.4. The van der Waals surface area contributed by atoms with Gasteiger partial charge in [0.05, 0.1) is 12.3 Å². The number of amides is 1. The van der Waals surface area contributed by atoms with Crippen LogP contribution in [0.5, 0.6) is 0 Å². The molecule has 0 saturated heterocycles. The maximum absolute atomic E-state index is 12.2. The van der Waals surface area contributed by atoms with Gasteiger partial charge in [-0.15, -0.1) is 0 Å². The van der Waals surface area contributed by atoms with Gasteiger partial charge in [-0.3, -0.25) is 19.1 Å². The van der Waals surface area contributed by atoms with Gasteiger partial charge in [0.15, 0.2) is 0 Å². The molecule has 1 aromatic carbocycles. The number of hydrogen-bond acceptors (Lipinski definition) is 5. The number of aliphatic hydroxyl groups is 1. The standard InChI is InChI=1S/C16H18N4O3/c17-13-7-10(8-14(13)21)16(23)19-11-1-3-12(4-2-11)20-6-5-18-9-15(20)22/h1-6,9-10,13-14,21H,7-8,17H2,(H,19,23)/t10-,13+,14+/m1/s1. The fourth-order valence-corrected chi connectivity index (χ4v) is 2.77. The zero-order valence-electron chi connectivity index (χ0n) is 12.4. The molecule has 1 aliphatic carbocycles. The van der Waals surface area contributed by atoms with Crippen LogP contribution >= 0.6 is 0 Å². The van der Waals surface area contributed by atoms with Gasteiger partial charge in [0, 0.05) is 35.7 Å². The Morgan fingerprint density at radius 2 is 2.04 bits per heavy atom. The largest absolute Gasteiger partial charge is 0.391 e. The Labute approximate surface area is 132 Å². The Bertz CT molecular complexity index is 746. The highest BCUT2D eigenvalue weighted by atomic mass is 16.3. The molecule has 0 radical (unpaired) electrons. The number of aromatic nitrogens is 2. The van der Waals surface area contributed by atoms with Gasteiger partial charge < -0.3 is 16.2 Å². The molecule has 23 heavy (non-hydrogen) atoms. The first-order valence-electron chi connectivity index (χ1n) is 7.42. The quantitative estimate of drug-likeness (QED) is 0.753. The first-order valence-corrected chi connectivity index (χ1v) is 7.42. The lowest BCUT2D eigenvalue weighted by Gasteiger charge is -2.11. The molecule has 0 spiro atoms. The molecule has 0 aliphatic heterocycles. The SMILES string of the molecule is N[C@H]1C[C@@H](C(=O)Nc2ccc(-n3ccncc3=O)cc2)C[C@@H]1O. The predicted octanol–water partition coefficient (Wildman–Crippen LogP) is 0.269. The molecular formula is C16H18N4O3. The minimum Gasteiger partial charge on any atom is -0.391 e. The second kappa shape index (κ2) is 6.31. The summed E-state index contributed by atoms with van der Waals surface area (Å²) in [5.74, 6) is -0.423. The molecule has 1 fully saturated rings. The van der Waals surface area contributed by atoms with Crippen LogP contribution in [0, 0.1) is 5.92 Å². The van der Waals surface area contributed by atoms with Crippen molar-refractivity contribution in [3.05, 3.63) is 53.2 Å². The third-order valence-electron chi connectivity index (χ3n) is 4.08. The van der Waals surface area contributed by atoms with Gasteiger partial charge in [0.2, 0.25) is 5.91 Å². The number of carbonyl (C=O) groups is 1. The summed E-state index contributed by atoms with van der Waals surface area (Å²) in [6.07, 6.45) is 4.61. The van der Waals surface area contributed by atoms with Crippen LogP contribution in [0.1, 0.15) is 12.8 Å². The summed E-state index contributed by atoms with van der Waals surface area (Å²) in [6.45, 7) is 0. The van der Waals surface area contributed by atoms with Gasteiger partial charge in [-0.2, -0.15) is 0 Å². The number of aliphatic hydroxyl groups excluding tert-OH is 1. The number of nitrogens with zero attached hydrogens (tertiary/aromatic N) is 2. The van der Waals surface area contributed by atoms with Gasteiger partial charge in [0.1, 0.15) is 0 Å². The summed E-state index contributed by atoms with van der Waals surface area (Å²) >= 11 is 0. The van der Waals surface area contributed by atoms with Crippen LogP contribution in [0.3, 0.4) is 0 Å². The summed E-state index contributed by atoms with van der Waals surface area (Å²) in [6, 6.07) is 6.60. The second-order valence-corrected chi connectivity index (χ2v) is 5.72. The van der Waals surface area contributed by atoms with E-state index in [1.165, 1.54) is 17.0 Å². The van der Waals surface area contributed by atoms with Gasteiger partial charge in [-0.05, 0) is 37.1 Å². The van der Waals surface area contributed by atoms with E-state index in [-0.39, 0.29) is 23.4 Å². The van der Waals surface area contributed by atoms with Crippen LogP contribution in [0.4, 0.5) is 5.69 Å². The summed E-state index contributed by atoms with van der Waals surface area (Å²) in [4.78, 5) is 27.6. The zero-order chi connectivity index (χ0) is 16.4. The highest BCUT2D eigenvalue weighted by molar-refractivity contribution is 5.92. The first-order chi connectivity index (χ1) is 11.0. The smallest absolute Gasteiger partial charge is 0.273 e. The normalized spacial score (nSPS) is 23.7. The number of carbonyl (C=O) groups excluding carboxylic acids is 1. The number of benzene rings is 1. The molecule has 7 nitrogen and oxygen atoms in total. The average Bonchev–Trinajstić information content (AvgIpc) is 2.88. The summed E-state index contributed by atoms with van der Waals surface area (Å²) in [5, 5.41) is 12.4. The van der Waals surface area contributed by atoms with E-state index in [0.29, 0.717) is 24.2 Å². The minimum absolute atomic E-state index is 0.147. The Hall–Kier alpha value is -2.51. The number of anilines is 1. The van der Waals surface area contributed by atoms with Crippen molar-refractivity contribution < 1.29 is 9.90 Å². The Balaban J connectivity index is 1.70. The molecule has 7 heteroatoms. The van der Waals surface area contributed by atoms with E-state index in [1.807, 2.05) is 0 Å². The van der Waals surface area contributed by atoms with E-state index in [9.17, 15) is 14.7 Å². The van der Waals surface area contributed by atoms with Crippen molar-refractivity contribution in [2.45, 2.75) is 25.0 Å². The molecule has 1 amide bonds. The fourth-order valence-electron chi connectivity index (χ4n) is 2.77. The molecule has 120 valence electrons. The zero-order valence-corrected chi connectivity index (χ0v) is 12.4. The molecule has 1 saturated carbocycles. The van der Waals surface area contributed by atoms with E-state index >= 15 is 0 Å². The van der Waals surface area contributed by atoms with Crippen LogP contribution in [-0.2, 0) is 4.79 Å². The maximum Gasteiger partial charge on any atom is 0.273 e. The van der Waals surface area contributed by atoms with Crippen molar-refractivity contribution >= 4 is 11.6 Å². The van der Waals surface area contributed by atoms with E-state index in [2.05, 4.69) is 10.3 Å². The van der Waals surface area contributed by atoms with Crippen molar-refractivity contribution in [2.24, 2.45) is 11.7 Å². The maximum atomic E-state index is 12.2. The van der Waals surface area contributed by atoms with E-state index in [0.717, 1.165) is 0 Å². The van der Waals surface area contributed by atoms with E-state index < -0.39 is 6.10 Å². The van der Waals surface area contributed by atoms with E-state index in [1.54, 1.807) is 30.5 Å². The number of nitrogens with two attached hydrogens (primary N) is 1. The van der Waals surface area contributed by atoms with Gasteiger partial charge in [-0.25, -0.2) is 0 Å². The van der Waals surface area contributed by atoms with Crippen LogP contribution in [0.2, 0.25) is 0 Å². The molecule has 3 atom stereocenters.